The third kappa shape index (κ3) is 4.20. The van der Waals surface area contributed by atoms with Crippen molar-refractivity contribution in [2.45, 2.75) is 6.92 Å². The SMILES string of the molecule is COC(=O)c1ccc(NCN2C(=O)S/C(=C\c3ccccc3C)C2=O)cc1. The van der Waals surface area contributed by atoms with Crippen molar-refractivity contribution < 1.29 is 19.1 Å². The predicted octanol–water partition coefficient (Wildman–Crippen LogP) is 3.89. The van der Waals surface area contributed by atoms with E-state index in [-0.39, 0.29) is 17.8 Å². The Morgan fingerprint density at radius 1 is 1.15 bits per heavy atom. The molecule has 7 heteroatoms. The Labute approximate surface area is 161 Å². The van der Waals surface area contributed by atoms with Crippen LogP contribution in [0.3, 0.4) is 0 Å². The van der Waals surface area contributed by atoms with Gasteiger partial charge in [0.1, 0.15) is 0 Å². The van der Waals surface area contributed by atoms with Gasteiger partial charge < -0.3 is 10.1 Å². The van der Waals surface area contributed by atoms with Crippen molar-refractivity contribution in [3.8, 4) is 0 Å². The van der Waals surface area contributed by atoms with Gasteiger partial charge in [0.25, 0.3) is 11.1 Å². The monoisotopic (exact) mass is 382 g/mol. The topological polar surface area (TPSA) is 75.7 Å². The molecule has 1 saturated heterocycles. The summed E-state index contributed by atoms with van der Waals surface area (Å²) < 4.78 is 4.65. The first-order valence-corrected chi connectivity index (χ1v) is 9.04. The van der Waals surface area contributed by atoms with Crippen molar-refractivity contribution in [2.24, 2.45) is 0 Å². The molecule has 0 aromatic heterocycles. The lowest BCUT2D eigenvalue weighted by Crippen LogP contribution is -2.33. The van der Waals surface area contributed by atoms with Gasteiger partial charge in [-0.25, -0.2) is 4.79 Å². The van der Waals surface area contributed by atoms with E-state index in [2.05, 4.69) is 10.1 Å². The second-order valence-electron chi connectivity index (χ2n) is 5.87. The molecule has 1 N–H and O–H groups in total. The van der Waals surface area contributed by atoms with E-state index in [0.717, 1.165) is 27.8 Å². The zero-order valence-electron chi connectivity index (χ0n) is 14.9. The Balaban J connectivity index is 1.67. The average molecular weight is 382 g/mol. The zero-order chi connectivity index (χ0) is 19.4. The third-order valence-corrected chi connectivity index (χ3v) is 5.00. The van der Waals surface area contributed by atoms with E-state index in [0.29, 0.717) is 16.2 Å². The number of hydrogen-bond acceptors (Lipinski definition) is 6. The molecule has 6 nitrogen and oxygen atoms in total. The summed E-state index contributed by atoms with van der Waals surface area (Å²) >= 11 is 0.927. The zero-order valence-corrected chi connectivity index (χ0v) is 15.7. The smallest absolute Gasteiger partial charge is 0.337 e. The molecule has 0 bridgehead atoms. The minimum absolute atomic E-state index is 0.0490. The molecular formula is C20H18N2O4S. The number of carbonyl (C=O) groups excluding carboxylic acids is 3. The molecule has 0 saturated carbocycles. The van der Waals surface area contributed by atoms with Gasteiger partial charge in [0.2, 0.25) is 0 Å². The van der Waals surface area contributed by atoms with Gasteiger partial charge in [-0.1, -0.05) is 24.3 Å². The number of rotatable bonds is 5. The van der Waals surface area contributed by atoms with Crippen molar-refractivity contribution in [2.75, 3.05) is 19.1 Å². The first kappa shape index (κ1) is 18.7. The Kier molecular flexibility index (Phi) is 5.61. The standard InChI is InChI=1S/C20H18N2O4S/c1-13-5-3-4-6-15(13)11-17-18(23)22(20(25)27-17)12-21-16-9-7-14(8-10-16)19(24)26-2/h3-11,21H,12H2,1-2H3/b17-11-. The Morgan fingerprint density at radius 2 is 1.85 bits per heavy atom. The number of anilines is 1. The molecule has 2 amide bonds. The summed E-state index contributed by atoms with van der Waals surface area (Å²) in [5.74, 6) is -0.749. The first-order valence-electron chi connectivity index (χ1n) is 8.23. The number of thioether (sulfide) groups is 1. The highest BCUT2D eigenvalue weighted by Gasteiger charge is 2.34. The van der Waals surface area contributed by atoms with Crippen molar-refractivity contribution in [3.05, 3.63) is 70.1 Å². The van der Waals surface area contributed by atoms with E-state index in [9.17, 15) is 14.4 Å². The van der Waals surface area contributed by atoms with Crippen LogP contribution in [0.4, 0.5) is 10.5 Å². The van der Waals surface area contributed by atoms with Gasteiger partial charge in [0.15, 0.2) is 0 Å². The van der Waals surface area contributed by atoms with E-state index in [1.807, 2.05) is 31.2 Å². The van der Waals surface area contributed by atoms with Gasteiger partial charge in [0.05, 0.1) is 24.2 Å². The van der Waals surface area contributed by atoms with E-state index < -0.39 is 5.97 Å². The van der Waals surface area contributed by atoms with Gasteiger partial charge >= 0.3 is 5.97 Å². The maximum absolute atomic E-state index is 12.5. The fourth-order valence-electron chi connectivity index (χ4n) is 2.54. The molecule has 1 aliphatic rings. The van der Waals surface area contributed by atoms with Crippen LogP contribution in [0.5, 0.6) is 0 Å². The molecule has 27 heavy (non-hydrogen) atoms. The Morgan fingerprint density at radius 3 is 2.52 bits per heavy atom. The summed E-state index contributed by atoms with van der Waals surface area (Å²) in [6.45, 7) is 2.00. The van der Waals surface area contributed by atoms with Gasteiger partial charge in [-0.05, 0) is 60.2 Å². The van der Waals surface area contributed by atoms with Gasteiger partial charge in [0, 0.05) is 5.69 Å². The summed E-state index contributed by atoms with van der Waals surface area (Å²) in [5, 5.41) is 2.70. The maximum atomic E-state index is 12.5. The van der Waals surface area contributed by atoms with Crippen LogP contribution in [-0.2, 0) is 9.53 Å². The molecule has 1 fully saturated rings. The summed E-state index contributed by atoms with van der Waals surface area (Å²) in [4.78, 5) is 37.7. The number of esters is 1. The van der Waals surface area contributed by atoms with Gasteiger partial charge in [-0.2, -0.15) is 0 Å². The molecular weight excluding hydrogens is 364 g/mol. The summed E-state index contributed by atoms with van der Waals surface area (Å²) in [5.41, 5.74) is 3.06. The van der Waals surface area contributed by atoms with Gasteiger partial charge in [-0.15, -0.1) is 0 Å². The van der Waals surface area contributed by atoms with Crippen LogP contribution < -0.4 is 5.32 Å². The summed E-state index contributed by atoms with van der Waals surface area (Å²) in [7, 11) is 1.32. The number of nitrogens with zero attached hydrogens (tertiary/aromatic N) is 1. The average Bonchev–Trinajstić information content (AvgIpc) is 2.94. The second-order valence-corrected chi connectivity index (χ2v) is 6.86. The fraction of sp³-hybridized carbons (Fsp3) is 0.150. The van der Waals surface area contributed by atoms with Crippen LogP contribution >= 0.6 is 11.8 Å². The molecule has 3 rings (SSSR count). The first-order chi connectivity index (χ1) is 13.0. The molecule has 0 atom stereocenters. The Hall–Kier alpha value is -3.06. The highest BCUT2D eigenvalue weighted by atomic mass is 32.2. The van der Waals surface area contributed by atoms with Crippen LogP contribution in [0, 0.1) is 6.92 Å². The lowest BCUT2D eigenvalue weighted by molar-refractivity contribution is -0.122. The number of carbonyl (C=O) groups is 3. The normalized spacial score (nSPS) is 15.3. The number of ether oxygens (including phenoxy) is 1. The fourth-order valence-corrected chi connectivity index (χ4v) is 3.37. The number of amides is 2. The van der Waals surface area contributed by atoms with E-state index in [1.165, 1.54) is 7.11 Å². The number of methoxy groups -OCH3 is 1. The number of aryl methyl sites for hydroxylation is 1. The molecule has 2 aromatic carbocycles. The lowest BCUT2D eigenvalue weighted by atomic mass is 10.1. The van der Waals surface area contributed by atoms with Crippen molar-refractivity contribution in [1.29, 1.82) is 0 Å². The maximum Gasteiger partial charge on any atom is 0.337 e. The van der Waals surface area contributed by atoms with E-state index in [1.54, 1.807) is 30.3 Å². The predicted molar refractivity (Wildman–Crippen MR) is 105 cm³/mol. The second kappa shape index (κ2) is 8.09. The molecule has 0 spiro atoms. The molecule has 1 aliphatic heterocycles. The molecule has 2 aromatic rings. The quantitative estimate of drug-likeness (QED) is 0.625. The molecule has 138 valence electrons. The largest absolute Gasteiger partial charge is 0.465 e. The van der Waals surface area contributed by atoms with Crippen LogP contribution in [0.25, 0.3) is 6.08 Å². The van der Waals surface area contributed by atoms with Gasteiger partial charge in [-0.3, -0.25) is 14.5 Å². The number of nitrogens with one attached hydrogen (secondary N) is 1. The number of hydrogen-bond donors (Lipinski definition) is 1. The van der Waals surface area contributed by atoms with Crippen molar-refractivity contribution in [3.63, 3.8) is 0 Å². The molecule has 0 unspecified atom stereocenters. The van der Waals surface area contributed by atoms with Crippen LogP contribution in [0.15, 0.2) is 53.4 Å². The van der Waals surface area contributed by atoms with Crippen LogP contribution in [-0.4, -0.2) is 35.8 Å². The van der Waals surface area contributed by atoms with Crippen molar-refractivity contribution in [1.82, 2.24) is 4.90 Å². The summed E-state index contributed by atoms with van der Waals surface area (Å²) in [6, 6.07) is 14.3. The third-order valence-electron chi connectivity index (χ3n) is 4.10. The highest BCUT2D eigenvalue weighted by Crippen LogP contribution is 2.32. The lowest BCUT2D eigenvalue weighted by Gasteiger charge is -2.14. The minimum atomic E-state index is -0.422. The van der Waals surface area contributed by atoms with E-state index in [4.69, 9.17) is 0 Å². The van der Waals surface area contributed by atoms with Crippen LogP contribution in [0.1, 0.15) is 21.5 Å². The van der Waals surface area contributed by atoms with E-state index >= 15 is 0 Å². The molecule has 0 radical (unpaired) electrons. The highest BCUT2D eigenvalue weighted by molar-refractivity contribution is 8.18. The molecule has 1 heterocycles. The number of imide groups is 1. The molecule has 0 aliphatic carbocycles. The van der Waals surface area contributed by atoms with Crippen molar-refractivity contribution >= 4 is 40.6 Å². The minimum Gasteiger partial charge on any atom is -0.465 e. The Bertz CT molecular complexity index is 922. The van der Waals surface area contributed by atoms with Crippen LogP contribution in [0.2, 0.25) is 0 Å². The number of benzene rings is 2. The summed E-state index contributed by atoms with van der Waals surface area (Å²) in [6.07, 6.45) is 1.74.